The van der Waals surface area contributed by atoms with E-state index in [0.29, 0.717) is 49.0 Å². The minimum atomic E-state index is -0.809. The molecule has 1 saturated carbocycles. The van der Waals surface area contributed by atoms with Crippen LogP contribution < -0.4 is 10.1 Å². The topological polar surface area (TPSA) is 73.9 Å². The number of amides is 1. The van der Waals surface area contributed by atoms with Crippen LogP contribution in [0.4, 0.5) is 5.69 Å². The predicted octanol–water partition coefficient (Wildman–Crippen LogP) is 4.58. The quantitative estimate of drug-likeness (QED) is 0.624. The molecule has 1 aliphatic carbocycles. The van der Waals surface area contributed by atoms with Crippen molar-refractivity contribution in [3.63, 3.8) is 0 Å². The number of rotatable bonds is 9. The Balaban J connectivity index is 2.25. The van der Waals surface area contributed by atoms with E-state index >= 15 is 0 Å². The van der Waals surface area contributed by atoms with E-state index in [2.05, 4.69) is 12.2 Å². The molecule has 156 valence electrons. The van der Waals surface area contributed by atoms with Gasteiger partial charge < -0.3 is 19.5 Å². The van der Waals surface area contributed by atoms with Crippen LogP contribution in [-0.4, -0.2) is 37.3 Å². The lowest BCUT2D eigenvalue weighted by Gasteiger charge is -2.38. The zero-order valence-corrected chi connectivity index (χ0v) is 17.5. The first-order valence-electron chi connectivity index (χ1n) is 10.3. The second-order valence-corrected chi connectivity index (χ2v) is 7.36. The van der Waals surface area contributed by atoms with Gasteiger partial charge in [-0.3, -0.25) is 4.79 Å². The summed E-state index contributed by atoms with van der Waals surface area (Å²) in [5.41, 5.74) is 0.0346. The number of hydrogen-bond donors (Lipinski definition) is 1. The first kappa shape index (κ1) is 22.2. The van der Waals surface area contributed by atoms with Crippen molar-refractivity contribution in [3.8, 4) is 5.75 Å². The summed E-state index contributed by atoms with van der Waals surface area (Å²) in [7, 11) is 0. The van der Waals surface area contributed by atoms with Crippen molar-refractivity contribution >= 4 is 17.6 Å². The summed E-state index contributed by atoms with van der Waals surface area (Å²) in [5, 5.41) is 2.96. The summed E-state index contributed by atoms with van der Waals surface area (Å²) in [6.07, 6.45) is 4.36. The Bertz CT molecular complexity index is 675. The van der Waals surface area contributed by atoms with Gasteiger partial charge in [-0.05, 0) is 63.6 Å². The van der Waals surface area contributed by atoms with Crippen molar-refractivity contribution in [2.45, 2.75) is 65.4 Å². The molecule has 28 heavy (non-hydrogen) atoms. The third kappa shape index (κ3) is 5.47. The molecule has 1 aliphatic rings. The third-order valence-electron chi connectivity index (χ3n) is 4.98. The number of hydrogen-bond acceptors (Lipinski definition) is 5. The fraction of sp³-hybridized carbons (Fsp3) is 0.636. The molecule has 1 aromatic carbocycles. The van der Waals surface area contributed by atoms with Crippen molar-refractivity contribution in [2.75, 3.05) is 25.1 Å². The maximum Gasteiger partial charge on any atom is 0.341 e. The second kappa shape index (κ2) is 10.5. The van der Waals surface area contributed by atoms with Gasteiger partial charge in [0.05, 0.1) is 13.2 Å². The summed E-state index contributed by atoms with van der Waals surface area (Å²) in [6, 6.07) is 5.04. The standard InChI is InChI=1S/C22H33NO5/c1-5-13-28-22(12-8-9-16(4)15-22)21(25)23-17-10-11-19(26-6-2)18(14-17)20(24)27-7-3/h10-11,14,16H,5-9,12-13,15H2,1-4H3,(H,23,25)/t16-,22-/m0/s1. The molecule has 0 radical (unpaired) electrons. The number of carbonyl (C=O) groups excluding carboxylic acids is 2. The van der Waals surface area contributed by atoms with Crippen LogP contribution in [0.3, 0.4) is 0 Å². The SMILES string of the molecule is CCCO[C@@]1(C(=O)Nc2ccc(OCC)c(C(=O)OCC)c2)CCC[C@H](C)C1. The molecule has 1 N–H and O–H groups in total. The van der Waals surface area contributed by atoms with Crippen LogP contribution in [0.1, 0.15) is 70.2 Å². The Morgan fingerprint density at radius 2 is 2.00 bits per heavy atom. The second-order valence-electron chi connectivity index (χ2n) is 7.36. The number of carbonyl (C=O) groups is 2. The van der Waals surface area contributed by atoms with Crippen LogP contribution in [-0.2, 0) is 14.3 Å². The van der Waals surface area contributed by atoms with E-state index in [0.717, 1.165) is 19.3 Å². The van der Waals surface area contributed by atoms with Gasteiger partial charge in [0.1, 0.15) is 16.9 Å². The molecule has 0 aromatic heterocycles. The number of esters is 1. The number of anilines is 1. The molecular formula is C22H33NO5. The monoisotopic (exact) mass is 391 g/mol. The lowest BCUT2D eigenvalue weighted by atomic mass is 9.78. The highest BCUT2D eigenvalue weighted by Crippen LogP contribution is 2.36. The lowest BCUT2D eigenvalue weighted by molar-refractivity contribution is -0.148. The number of benzene rings is 1. The largest absolute Gasteiger partial charge is 0.493 e. The molecule has 0 aliphatic heterocycles. The smallest absolute Gasteiger partial charge is 0.341 e. The normalized spacial score (nSPS) is 21.8. The third-order valence-corrected chi connectivity index (χ3v) is 4.98. The average molecular weight is 392 g/mol. The fourth-order valence-corrected chi connectivity index (χ4v) is 3.71. The van der Waals surface area contributed by atoms with Gasteiger partial charge in [0.25, 0.3) is 5.91 Å². The van der Waals surface area contributed by atoms with E-state index in [1.807, 2.05) is 13.8 Å². The zero-order chi connectivity index (χ0) is 20.6. The fourth-order valence-electron chi connectivity index (χ4n) is 3.71. The predicted molar refractivity (Wildman–Crippen MR) is 109 cm³/mol. The molecule has 0 saturated heterocycles. The molecule has 2 atom stereocenters. The lowest BCUT2D eigenvalue weighted by Crippen LogP contribution is -2.48. The summed E-state index contributed by atoms with van der Waals surface area (Å²) < 4.78 is 16.7. The maximum atomic E-state index is 13.2. The van der Waals surface area contributed by atoms with Crippen molar-refractivity contribution in [2.24, 2.45) is 5.92 Å². The van der Waals surface area contributed by atoms with Crippen molar-refractivity contribution in [1.29, 1.82) is 0 Å². The Morgan fingerprint density at radius 3 is 2.64 bits per heavy atom. The maximum absolute atomic E-state index is 13.2. The summed E-state index contributed by atoms with van der Waals surface area (Å²) in [6.45, 7) is 9.06. The van der Waals surface area contributed by atoms with Gasteiger partial charge in [0, 0.05) is 12.3 Å². The highest BCUT2D eigenvalue weighted by Gasteiger charge is 2.42. The minimum absolute atomic E-state index is 0.147. The summed E-state index contributed by atoms with van der Waals surface area (Å²) >= 11 is 0. The Kier molecular flexibility index (Phi) is 8.30. The molecule has 0 unspecified atom stereocenters. The number of nitrogens with one attached hydrogen (secondary N) is 1. The first-order valence-corrected chi connectivity index (χ1v) is 10.3. The zero-order valence-electron chi connectivity index (χ0n) is 17.5. The number of ether oxygens (including phenoxy) is 3. The summed E-state index contributed by atoms with van der Waals surface area (Å²) in [5.74, 6) is 0.269. The molecule has 0 spiro atoms. The van der Waals surface area contributed by atoms with Crippen LogP contribution in [0.5, 0.6) is 5.75 Å². The minimum Gasteiger partial charge on any atom is -0.493 e. The van der Waals surface area contributed by atoms with Crippen molar-refractivity contribution < 1.29 is 23.8 Å². The molecule has 2 rings (SSSR count). The molecule has 0 bridgehead atoms. The molecule has 0 heterocycles. The average Bonchev–Trinajstić information content (AvgIpc) is 2.68. The van der Waals surface area contributed by atoms with Gasteiger partial charge in [0.2, 0.25) is 0 Å². The van der Waals surface area contributed by atoms with Gasteiger partial charge in [-0.2, -0.15) is 0 Å². The van der Waals surface area contributed by atoms with Gasteiger partial charge in [-0.1, -0.05) is 20.3 Å². The highest BCUT2D eigenvalue weighted by atomic mass is 16.5. The first-order chi connectivity index (χ1) is 13.5. The van der Waals surface area contributed by atoms with E-state index < -0.39 is 11.6 Å². The van der Waals surface area contributed by atoms with Crippen LogP contribution in [0.15, 0.2) is 18.2 Å². The van der Waals surface area contributed by atoms with Gasteiger partial charge in [-0.25, -0.2) is 4.79 Å². The van der Waals surface area contributed by atoms with Gasteiger partial charge in [-0.15, -0.1) is 0 Å². The van der Waals surface area contributed by atoms with E-state index in [1.54, 1.807) is 25.1 Å². The Labute approximate surface area is 167 Å². The highest BCUT2D eigenvalue weighted by molar-refractivity contribution is 5.99. The van der Waals surface area contributed by atoms with E-state index in [9.17, 15) is 9.59 Å². The Hall–Kier alpha value is -2.08. The summed E-state index contributed by atoms with van der Waals surface area (Å²) in [4.78, 5) is 25.5. The van der Waals surface area contributed by atoms with Gasteiger partial charge >= 0.3 is 5.97 Å². The van der Waals surface area contributed by atoms with Crippen LogP contribution in [0.25, 0.3) is 0 Å². The van der Waals surface area contributed by atoms with E-state index in [1.165, 1.54) is 0 Å². The van der Waals surface area contributed by atoms with Crippen molar-refractivity contribution in [1.82, 2.24) is 0 Å². The van der Waals surface area contributed by atoms with Crippen molar-refractivity contribution in [3.05, 3.63) is 23.8 Å². The molecular weight excluding hydrogens is 358 g/mol. The molecule has 1 fully saturated rings. The Morgan fingerprint density at radius 1 is 1.21 bits per heavy atom. The van der Waals surface area contributed by atoms with E-state index in [4.69, 9.17) is 14.2 Å². The molecule has 1 aromatic rings. The van der Waals surface area contributed by atoms with Crippen LogP contribution in [0.2, 0.25) is 0 Å². The van der Waals surface area contributed by atoms with Crippen LogP contribution >= 0.6 is 0 Å². The molecule has 1 amide bonds. The van der Waals surface area contributed by atoms with Gasteiger partial charge in [0.15, 0.2) is 0 Å². The van der Waals surface area contributed by atoms with Crippen LogP contribution in [0, 0.1) is 5.92 Å². The molecule has 6 nitrogen and oxygen atoms in total. The molecule has 6 heteroatoms. The van der Waals surface area contributed by atoms with E-state index in [-0.39, 0.29) is 12.5 Å².